The van der Waals surface area contributed by atoms with Crippen molar-refractivity contribution in [2.75, 3.05) is 12.8 Å². The molecular formula is C14H20N2O3S. The second-order valence-electron chi connectivity index (χ2n) is 5.25. The fourth-order valence-electron chi connectivity index (χ4n) is 2.77. The maximum atomic E-state index is 11.7. The van der Waals surface area contributed by atoms with E-state index in [9.17, 15) is 13.2 Å². The van der Waals surface area contributed by atoms with Gasteiger partial charge in [0.05, 0.1) is 12.3 Å². The van der Waals surface area contributed by atoms with E-state index < -0.39 is 10.0 Å². The third kappa shape index (κ3) is 3.80. The quantitative estimate of drug-likeness (QED) is 0.892. The van der Waals surface area contributed by atoms with Gasteiger partial charge in [0, 0.05) is 19.5 Å². The van der Waals surface area contributed by atoms with Crippen LogP contribution in [0.5, 0.6) is 0 Å². The molecule has 1 heterocycles. The number of nitrogens with zero attached hydrogens (tertiary/aromatic N) is 1. The van der Waals surface area contributed by atoms with Crippen molar-refractivity contribution in [2.45, 2.75) is 31.8 Å². The number of nitrogens with one attached hydrogen (secondary N) is 1. The minimum atomic E-state index is -3.27. The summed E-state index contributed by atoms with van der Waals surface area (Å²) in [5, 5.41) is 0. The highest BCUT2D eigenvalue weighted by Gasteiger charge is 2.36. The van der Waals surface area contributed by atoms with Gasteiger partial charge in [-0.05, 0) is 18.4 Å². The monoisotopic (exact) mass is 296 g/mol. The summed E-state index contributed by atoms with van der Waals surface area (Å²) in [6, 6.07) is 9.48. The molecule has 1 N–H and O–H groups in total. The molecule has 1 unspecified atom stereocenters. The van der Waals surface area contributed by atoms with Gasteiger partial charge in [0.1, 0.15) is 0 Å². The van der Waals surface area contributed by atoms with Gasteiger partial charge in [-0.1, -0.05) is 30.3 Å². The molecule has 2 atom stereocenters. The predicted octanol–water partition coefficient (Wildman–Crippen LogP) is 0.768. The average Bonchev–Trinajstić information content (AvgIpc) is 2.71. The van der Waals surface area contributed by atoms with Crippen LogP contribution in [0.2, 0.25) is 0 Å². The normalized spacial score (nSPS) is 23.0. The van der Waals surface area contributed by atoms with Gasteiger partial charge in [0.2, 0.25) is 15.9 Å². The first-order chi connectivity index (χ1) is 9.37. The summed E-state index contributed by atoms with van der Waals surface area (Å²) in [7, 11) is -3.27. The Morgan fingerprint density at radius 3 is 2.55 bits per heavy atom. The second kappa shape index (κ2) is 5.93. The van der Waals surface area contributed by atoms with Gasteiger partial charge in [0.25, 0.3) is 0 Å². The maximum absolute atomic E-state index is 11.7. The van der Waals surface area contributed by atoms with E-state index in [4.69, 9.17) is 0 Å². The summed E-state index contributed by atoms with van der Waals surface area (Å²) >= 11 is 0. The van der Waals surface area contributed by atoms with E-state index in [1.54, 1.807) is 4.90 Å². The molecular weight excluding hydrogens is 276 g/mol. The van der Waals surface area contributed by atoms with Crippen molar-refractivity contribution in [1.82, 2.24) is 9.62 Å². The molecule has 0 saturated carbocycles. The number of hydrogen-bond acceptors (Lipinski definition) is 3. The molecule has 1 saturated heterocycles. The van der Waals surface area contributed by atoms with E-state index in [1.807, 2.05) is 30.3 Å². The Balaban J connectivity index is 2.19. The molecule has 1 amide bonds. The van der Waals surface area contributed by atoms with Crippen LogP contribution in [0.3, 0.4) is 0 Å². The van der Waals surface area contributed by atoms with Gasteiger partial charge in [-0.2, -0.15) is 0 Å². The Hall–Kier alpha value is -1.40. The molecule has 0 bridgehead atoms. The summed E-state index contributed by atoms with van der Waals surface area (Å²) < 4.78 is 25.5. The Bertz CT molecular complexity index is 571. The maximum Gasteiger partial charge on any atom is 0.219 e. The number of likely N-dealkylation sites (tertiary alicyclic amines) is 1. The summed E-state index contributed by atoms with van der Waals surface area (Å²) in [6.07, 6.45) is 2.47. The molecule has 6 heteroatoms. The van der Waals surface area contributed by atoms with E-state index in [-0.39, 0.29) is 18.0 Å². The number of rotatable bonds is 4. The molecule has 1 fully saturated rings. The van der Waals surface area contributed by atoms with Crippen LogP contribution in [0, 0.1) is 0 Å². The first kappa shape index (κ1) is 15.0. The van der Waals surface area contributed by atoms with Crippen molar-refractivity contribution in [3.63, 3.8) is 0 Å². The van der Waals surface area contributed by atoms with Crippen LogP contribution in [0.1, 0.15) is 18.9 Å². The zero-order valence-electron chi connectivity index (χ0n) is 11.7. The zero-order chi connectivity index (χ0) is 14.8. The number of benzene rings is 1. The summed E-state index contributed by atoms with van der Waals surface area (Å²) in [4.78, 5) is 13.5. The van der Waals surface area contributed by atoms with Crippen molar-refractivity contribution in [3.05, 3.63) is 35.9 Å². The van der Waals surface area contributed by atoms with Gasteiger partial charge in [0.15, 0.2) is 0 Å². The SMILES string of the molecule is CC(=O)N1CCC(NS(C)(=O)=O)[C@@H]1Cc1ccccc1. The van der Waals surface area contributed by atoms with Crippen LogP contribution >= 0.6 is 0 Å². The lowest BCUT2D eigenvalue weighted by Gasteiger charge is -2.27. The largest absolute Gasteiger partial charge is 0.338 e. The Kier molecular flexibility index (Phi) is 4.45. The molecule has 2 rings (SSSR count). The van der Waals surface area contributed by atoms with Crippen molar-refractivity contribution in [1.29, 1.82) is 0 Å². The van der Waals surface area contributed by atoms with E-state index >= 15 is 0 Å². The molecule has 1 aromatic carbocycles. The van der Waals surface area contributed by atoms with Gasteiger partial charge >= 0.3 is 0 Å². The molecule has 0 radical (unpaired) electrons. The lowest BCUT2D eigenvalue weighted by molar-refractivity contribution is -0.129. The lowest BCUT2D eigenvalue weighted by Crippen LogP contribution is -2.47. The standard InChI is InChI=1S/C14H20N2O3S/c1-11(17)16-9-8-13(15-20(2,18)19)14(16)10-12-6-4-3-5-7-12/h3-7,13-15H,8-10H2,1-2H3/t13?,14-/m0/s1. The molecule has 20 heavy (non-hydrogen) atoms. The van der Waals surface area contributed by atoms with Gasteiger partial charge in [-0.25, -0.2) is 13.1 Å². The Labute approximate surface area is 120 Å². The van der Waals surface area contributed by atoms with E-state index in [0.29, 0.717) is 19.4 Å². The zero-order valence-corrected chi connectivity index (χ0v) is 12.6. The first-order valence-corrected chi connectivity index (χ1v) is 8.54. The molecule has 1 aliphatic rings. The van der Waals surface area contributed by atoms with Crippen LogP contribution in [-0.2, 0) is 21.2 Å². The summed E-state index contributed by atoms with van der Waals surface area (Å²) in [5.74, 6) is -0.0104. The first-order valence-electron chi connectivity index (χ1n) is 6.65. The smallest absolute Gasteiger partial charge is 0.219 e. The fraction of sp³-hybridized carbons (Fsp3) is 0.500. The van der Waals surface area contributed by atoms with Gasteiger partial charge in [-0.3, -0.25) is 4.79 Å². The van der Waals surface area contributed by atoms with Crippen LogP contribution < -0.4 is 4.72 Å². The van der Waals surface area contributed by atoms with Crippen molar-refractivity contribution < 1.29 is 13.2 Å². The molecule has 0 spiro atoms. The highest BCUT2D eigenvalue weighted by atomic mass is 32.2. The molecule has 1 aliphatic heterocycles. The van der Waals surface area contributed by atoms with Crippen LogP contribution in [-0.4, -0.2) is 44.1 Å². The Morgan fingerprint density at radius 1 is 1.35 bits per heavy atom. The fourth-order valence-corrected chi connectivity index (χ4v) is 3.59. The van der Waals surface area contributed by atoms with Crippen LogP contribution in [0.25, 0.3) is 0 Å². The predicted molar refractivity (Wildman–Crippen MR) is 77.7 cm³/mol. The molecule has 0 aromatic heterocycles. The van der Waals surface area contributed by atoms with Gasteiger partial charge < -0.3 is 4.90 Å². The topological polar surface area (TPSA) is 66.5 Å². The minimum absolute atomic E-state index is 0.0104. The molecule has 0 aliphatic carbocycles. The van der Waals surface area contributed by atoms with E-state index in [2.05, 4.69) is 4.72 Å². The summed E-state index contributed by atoms with van der Waals surface area (Å²) in [6.45, 7) is 2.13. The van der Waals surface area contributed by atoms with Crippen LogP contribution in [0.4, 0.5) is 0 Å². The lowest BCUT2D eigenvalue weighted by atomic mass is 10.0. The van der Waals surface area contributed by atoms with Crippen LogP contribution in [0.15, 0.2) is 30.3 Å². The van der Waals surface area contributed by atoms with Crippen molar-refractivity contribution in [3.8, 4) is 0 Å². The number of carbonyl (C=O) groups excluding carboxylic acids is 1. The number of amides is 1. The molecule has 5 nitrogen and oxygen atoms in total. The summed E-state index contributed by atoms with van der Waals surface area (Å²) in [5.41, 5.74) is 1.10. The second-order valence-corrected chi connectivity index (χ2v) is 7.03. The Morgan fingerprint density at radius 2 is 2.00 bits per heavy atom. The third-order valence-corrected chi connectivity index (χ3v) is 4.33. The molecule has 1 aromatic rings. The van der Waals surface area contributed by atoms with E-state index in [0.717, 1.165) is 11.8 Å². The number of sulfonamides is 1. The third-order valence-electron chi connectivity index (χ3n) is 3.60. The average molecular weight is 296 g/mol. The van der Waals surface area contributed by atoms with E-state index in [1.165, 1.54) is 6.92 Å². The highest BCUT2D eigenvalue weighted by molar-refractivity contribution is 7.88. The number of carbonyl (C=O) groups is 1. The highest BCUT2D eigenvalue weighted by Crippen LogP contribution is 2.22. The van der Waals surface area contributed by atoms with Gasteiger partial charge in [-0.15, -0.1) is 0 Å². The van der Waals surface area contributed by atoms with Crippen molar-refractivity contribution >= 4 is 15.9 Å². The number of hydrogen-bond donors (Lipinski definition) is 1. The van der Waals surface area contributed by atoms with Crippen molar-refractivity contribution in [2.24, 2.45) is 0 Å². The minimum Gasteiger partial charge on any atom is -0.338 e. The molecule has 110 valence electrons.